The molecule has 0 atom stereocenters. The van der Waals surface area contributed by atoms with Gasteiger partial charge < -0.3 is 4.42 Å². The van der Waals surface area contributed by atoms with Crippen molar-refractivity contribution in [3.63, 3.8) is 0 Å². The maximum absolute atomic E-state index is 11.7. The van der Waals surface area contributed by atoms with Crippen molar-refractivity contribution in [2.45, 2.75) is 5.22 Å². The SMILES string of the molecule is O=S(=O)(Nc1cccc(I)c1)c1ncco1. The minimum absolute atomic E-state index is 0.341. The minimum atomic E-state index is -3.72. The molecule has 1 aromatic carbocycles. The number of anilines is 1. The van der Waals surface area contributed by atoms with Gasteiger partial charge in [-0.2, -0.15) is 8.42 Å². The molecule has 0 amide bonds. The molecule has 84 valence electrons. The largest absolute Gasteiger partial charge is 0.435 e. The van der Waals surface area contributed by atoms with E-state index in [1.54, 1.807) is 18.2 Å². The first-order valence-electron chi connectivity index (χ1n) is 4.26. The van der Waals surface area contributed by atoms with Gasteiger partial charge in [-0.1, -0.05) is 6.07 Å². The summed E-state index contributed by atoms with van der Waals surface area (Å²) in [6.07, 6.45) is 2.49. The molecule has 0 radical (unpaired) electrons. The minimum Gasteiger partial charge on any atom is -0.435 e. The molecule has 7 heteroatoms. The Labute approximate surface area is 106 Å². The predicted octanol–water partition coefficient (Wildman–Crippen LogP) is 2.08. The van der Waals surface area contributed by atoms with Crippen LogP contribution in [0.5, 0.6) is 0 Å². The van der Waals surface area contributed by atoms with E-state index in [4.69, 9.17) is 4.42 Å². The van der Waals surface area contributed by atoms with Gasteiger partial charge in [0.15, 0.2) is 0 Å². The number of halogens is 1. The van der Waals surface area contributed by atoms with Crippen LogP contribution < -0.4 is 4.72 Å². The van der Waals surface area contributed by atoms with Gasteiger partial charge in [0.05, 0.1) is 11.9 Å². The summed E-state index contributed by atoms with van der Waals surface area (Å²) in [5, 5.41) is -0.341. The first-order chi connectivity index (χ1) is 7.58. The lowest BCUT2D eigenvalue weighted by Gasteiger charge is -2.04. The molecule has 0 aliphatic rings. The van der Waals surface area contributed by atoms with Gasteiger partial charge in [-0.15, -0.1) is 0 Å². The highest BCUT2D eigenvalue weighted by atomic mass is 127. The van der Waals surface area contributed by atoms with E-state index in [0.717, 1.165) is 3.57 Å². The zero-order valence-corrected chi connectivity index (χ0v) is 10.9. The molecule has 1 heterocycles. The van der Waals surface area contributed by atoms with E-state index in [0.29, 0.717) is 5.69 Å². The van der Waals surface area contributed by atoms with E-state index in [9.17, 15) is 8.42 Å². The number of hydrogen-bond donors (Lipinski definition) is 1. The molecule has 16 heavy (non-hydrogen) atoms. The summed E-state index contributed by atoms with van der Waals surface area (Å²) in [6.45, 7) is 0. The lowest BCUT2D eigenvalue weighted by molar-refractivity contribution is 0.432. The third-order valence-electron chi connectivity index (χ3n) is 1.72. The average Bonchev–Trinajstić information content (AvgIpc) is 2.69. The normalized spacial score (nSPS) is 11.3. The Bertz CT molecular complexity index is 581. The topological polar surface area (TPSA) is 72.2 Å². The van der Waals surface area contributed by atoms with Crippen molar-refractivity contribution < 1.29 is 12.8 Å². The quantitative estimate of drug-likeness (QED) is 0.861. The number of rotatable bonds is 3. The van der Waals surface area contributed by atoms with Crippen LogP contribution in [0.2, 0.25) is 0 Å². The number of nitrogens with one attached hydrogen (secondary N) is 1. The van der Waals surface area contributed by atoms with Gasteiger partial charge in [0.2, 0.25) is 0 Å². The van der Waals surface area contributed by atoms with Gasteiger partial charge in [0, 0.05) is 3.57 Å². The van der Waals surface area contributed by atoms with Gasteiger partial charge in [-0.25, -0.2) is 4.98 Å². The van der Waals surface area contributed by atoms with Crippen LogP contribution in [0.25, 0.3) is 0 Å². The van der Waals surface area contributed by atoms with Crippen molar-refractivity contribution in [3.8, 4) is 0 Å². The average molecular weight is 350 g/mol. The monoisotopic (exact) mass is 350 g/mol. The number of hydrogen-bond acceptors (Lipinski definition) is 4. The summed E-state index contributed by atoms with van der Waals surface area (Å²) >= 11 is 2.10. The van der Waals surface area contributed by atoms with Crippen LogP contribution in [0.4, 0.5) is 5.69 Å². The van der Waals surface area contributed by atoms with Crippen LogP contribution in [0, 0.1) is 3.57 Å². The summed E-state index contributed by atoms with van der Waals surface area (Å²) < 4.78 is 31.5. The van der Waals surface area contributed by atoms with E-state index >= 15 is 0 Å². The number of aromatic nitrogens is 1. The van der Waals surface area contributed by atoms with E-state index in [1.807, 2.05) is 6.07 Å². The van der Waals surface area contributed by atoms with Crippen LogP contribution in [0.15, 0.2) is 46.4 Å². The van der Waals surface area contributed by atoms with Crippen molar-refractivity contribution in [2.75, 3.05) is 4.72 Å². The van der Waals surface area contributed by atoms with E-state index in [1.165, 1.54) is 12.5 Å². The molecule has 2 aromatic rings. The molecule has 0 unspecified atom stereocenters. The molecule has 0 fully saturated rings. The van der Waals surface area contributed by atoms with E-state index in [2.05, 4.69) is 32.3 Å². The maximum Gasteiger partial charge on any atom is 0.336 e. The zero-order chi connectivity index (χ0) is 11.6. The van der Waals surface area contributed by atoms with Gasteiger partial charge in [0.25, 0.3) is 0 Å². The highest BCUT2D eigenvalue weighted by Gasteiger charge is 2.18. The summed E-state index contributed by atoms with van der Waals surface area (Å²) in [5.41, 5.74) is 0.477. The highest BCUT2D eigenvalue weighted by Crippen LogP contribution is 2.16. The van der Waals surface area contributed by atoms with E-state index < -0.39 is 10.0 Å². The Morgan fingerprint density at radius 2 is 2.19 bits per heavy atom. The van der Waals surface area contributed by atoms with E-state index in [-0.39, 0.29) is 5.22 Å². The summed E-state index contributed by atoms with van der Waals surface area (Å²) in [6, 6.07) is 6.99. The van der Waals surface area contributed by atoms with Gasteiger partial charge in [-0.05, 0) is 40.8 Å². The Hall–Kier alpha value is -1.09. The molecular weight excluding hydrogens is 343 g/mol. The number of oxazole rings is 1. The van der Waals surface area contributed by atoms with Crippen LogP contribution in [-0.4, -0.2) is 13.4 Å². The molecular formula is C9H7IN2O3S. The second-order valence-electron chi connectivity index (χ2n) is 2.91. The molecule has 2 rings (SSSR count). The molecule has 0 saturated heterocycles. The third-order valence-corrected chi connectivity index (χ3v) is 3.55. The van der Waals surface area contributed by atoms with Gasteiger partial charge >= 0.3 is 15.2 Å². The van der Waals surface area contributed by atoms with Crippen molar-refractivity contribution in [3.05, 3.63) is 40.3 Å². The molecule has 5 nitrogen and oxygen atoms in total. The molecule has 0 aliphatic carbocycles. The Balaban J connectivity index is 2.29. The van der Waals surface area contributed by atoms with Crippen molar-refractivity contribution >= 4 is 38.3 Å². The smallest absolute Gasteiger partial charge is 0.336 e. The molecule has 1 N–H and O–H groups in total. The molecule has 0 spiro atoms. The second-order valence-corrected chi connectivity index (χ2v) is 5.72. The van der Waals surface area contributed by atoms with Crippen molar-refractivity contribution in [2.24, 2.45) is 0 Å². The number of sulfonamides is 1. The predicted molar refractivity (Wildman–Crippen MR) is 66.5 cm³/mol. The van der Waals surface area contributed by atoms with Crippen LogP contribution in [0.3, 0.4) is 0 Å². The van der Waals surface area contributed by atoms with Crippen LogP contribution in [0.1, 0.15) is 0 Å². The fourth-order valence-electron chi connectivity index (χ4n) is 1.09. The molecule has 0 saturated carbocycles. The summed E-state index contributed by atoms with van der Waals surface area (Å²) in [5.74, 6) is 0. The Morgan fingerprint density at radius 1 is 1.38 bits per heavy atom. The summed E-state index contributed by atoms with van der Waals surface area (Å²) in [7, 11) is -3.72. The first-order valence-corrected chi connectivity index (χ1v) is 6.82. The third kappa shape index (κ3) is 2.53. The second kappa shape index (κ2) is 4.42. The first kappa shape index (κ1) is 11.4. The van der Waals surface area contributed by atoms with Gasteiger partial charge in [0.1, 0.15) is 6.26 Å². The molecule has 0 bridgehead atoms. The van der Waals surface area contributed by atoms with Crippen molar-refractivity contribution in [1.82, 2.24) is 4.98 Å². The van der Waals surface area contributed by atoms with Crippen LogP contribution in [-0.2, 0) is 10.0 Å². The summed E-state index contributed by atoms with van der Waals surface area (Å²) in [4.78, 5) is 3.59. The Kier molecular flexibility index (Phi) is 3.15. The maximum atomic E-state index is 11.7. The fourth-order valence-corrected chi connectivity index (χ4v) is 2.54. The molecule has 1 aromatic heterocycles. The lowest BCUT2D eigenvalue weighted by Crippen LogP contribution is -2.13. The van der Waals surface area contributed by atoms with Gasteiger partial charge in [-0.3, -0.25) is 4.72 Å². The standard InChI is InChI=1S/C9H7IN2O3S/c10-7-2-1-3-8(6-7)12-16(13,14)9-11-4-5-15-9/h1-6,12H. The fraction of sp³-hybridized carbons (Fsp3) is 0. The number of nitrogens with zero attached hydrogens (tertiary/aromatic N) is 1. The highest BCUT2D eigenvalue weighted by molar-refractivity contribution is 14.1. The molecule has 0 aliphatic heterocycles. The lowest BCUT2D eigenvalue weighted by atomic mass is 10.3. The zero-order valence-electron chi connectivity index (χ0n) is 7.92. The van der Waals surface area contributed by atoms with Crippen LogP contribution >= 0.6 is 22.6 Å². The number of benzene rings is 1. The Morgan fingerprint density at radius 3 is 2.81 bits per heavy atom. The van der Waals surface area contributed by atoms with Crippen molar-refractivity contribution in [1.29, 1.82) is 0 Å².